The Bertz CT molecular complexity index is 1540. The van der Waals surface area contributed by atoms with Crippen LogP contribution in [-0.2, 0) is 10.2 Å². The Kier molecular flexibility index (Phi) is 5.09. The molecule has 0 aliphatic carbocycles. The Balaban J connectivity index is 1.40. The first-order valence-electron chi connectivity index (χ1n) is 12.6. The highest BCUT2D eigenvalue weighted by Crippen LogP contribution is 2.50. The van der Waals surface area contributed by atoms with E-state index in [1.807, 2.05) is 60.7 Å². The smallest absolute Gasteiger partial charge is 0.261 e. The predicted molar refractivity (Wildman–Crippen MR) is 145 cm³/mol. The molecule has 0 saturated heterocycles. The topological polar surface area (TPSA) is 57.7 Å². The number of carbonyl (C=O) groups is 3. The van der Waals surface area contributed by atoms with Crippen LogP contribution in [0, 0.1) is 0 Å². The largest absolute Gasteiger partial charge is 0.305 e. The van der Waals surface area contributed by atoms with E-state index in [0.717, 1.165) is 21.5 Å². The van der Waals surface area contributed by atoms with Crippen LogP contribution in [0.5, 0.6) is 0 Å². The van der Waals surface area contributed by atoms with Gasteiger partial charge in [-0.3, -0.25) is 19.3 Å². The lowest BCUT2D eigenvalue weighted by molar-refractivity contribution is -0.120. The summed E-state index contributed by atoms with van der Waals surface area (Å²) in [6.45, 7) is 6.01. The number of hydrogen-bond donors (Lipinski definition) is 0. The molecule has 0 bridgehead atoms. The maximum Gasteiger partial charge on any atom is 0.261 e. The number of nitrogens with zero attached hydrogens (tertiary/aromatic N) is 2. The minimum atomic E-state index is -0.560. The van der Waals surface area contributed by atoms with Crippen molar-refractivity contribution in [2.75, 3.05) is 11.4 Å². The summed E-state index contributed by atoms with van der Waals surface area (Å²) in [5.74, 6) is -1.14. The number of anilines is 1. The van der Waals surface area contributed by atoms with Gasteiger partial charge in [-0.25, -0.2) is 0 Å². The van der Waals surface area contributed by atoms with Crippen LogP contribution in [0.25, 0.3) is 10.8 Å². The molecule has 37 heavy (non-hydrogen) atoms. The summed E-state index contributed by atoms with van der Waals surface area (Å²) >= 11 is 0. The fraction of sp³-hybridized carbons (Fsp3) is 0.219. The van der Waals surface area contributed by atoms with Gasteiger partial charge in [0.05, 0.1) is 0 Å². The molecule has 2 aliphatic heterocycles. The molecule has 0 N–H and O–H groups in total. The minimum absolute atomic E-state index is 0.277. The lowest BCUT2D eigenvalue weighted by atomic mass is 9.65. The molecule has 0 unspecified atom stereocenters. The number of carbonyl (C=O) groups excluding carboxylic acids is 3. The summed E-state index contributed by atoms with van der Waals surface area (Å²) in [5, 5.41) is 1.50. The van der Waals surface area contributed by atoms with Crippen LogP contribution in [0.1, 0.15) is 59.0 Å². The van der Waals surface area contributed by atoms with Gasteiger partial charge in [0.15, 0.2) is 0 Å². The summed E-state index contributed by atoms with van der Waals surface area (Å²) in [4.78, 5) is 43.8. The Labute approximate surface area is 216 Å². The van der Waals surface area contributed by atoms with Crippen LogP contribution < -0.4 is 4.90 Å². The molecule has 0 saturated carbocycles. The van der Waals surface area contributed by atoms with Gasteiger partial charge in [-0.1, -0.05) is 79.7 Å². The molecule has 5 nitrogen and oxygen atoms in total. The van der Waals surface area contributed by atoms with Gasteiger partial charge in [-0.05, 0) is 55.0 Å². The zero-order valence-corrected chi connectivity index (χ0v) is 21.2. The van der Waals surface area contributed by atoms with E-state index in [2.05, 4.69) is 39.0 Å². The molecular formula is C32H28N2O3. The number of hydrogen-bond acceptors (Lipinski definition) is 3. The van der Waals surface area contributed by atoms with Crippen molar-refractivity contribution in [3.05, 3.63) is 113 Å². The zero-order chi connectivity index (χ0) is 25.9. The molecule has 3 amide bonds. The van der Waals surface area contributed by atoms with Gasteiger partial charge in [0, 0.05) is 33.2 Å². The second-order valence-corrected chi connectivity index (χ2v) is 10.8. The van der Waals surface area contributed by atoms with Crippen LogP contribution in [-0.4, -0.2) is 34.7 Å². The number of amides is 3. The van der Waals surface area contributed by atoms with Gasteiger partial charge in [0.25, 0.3) is 11.8 Å². The van der Waals surface area contributed by atoms with Crippen molar-refractivity contribution >= 4 is 34.2 Å². The highest BCUT2D eigenvalue weighted by Gasteiger charge is 2.48. The average Bonchev–Trinajstić information content (AvgIpc) is 2.89. The summed E-state index contributed by atoms with van der Waals surface area (Å²) in [6, 6.07) is 29.2. The molecule has 6 rings (SSSR count). The number of imide groups is 1. The molecule has 5 heteroatoms. The van der Waals surface area contributed by atoms with Gasteiger partial charge in [-0.15, -0.1) is 0 Å². The normalized spacial score (nSPS) is 20.2. The van der Waals surface area contributed by atoms with Crippen molar-refractivity contribution in [2.45, 2.75) is 38.1 Å². The Morgan fingerprint density at radius 1 is 0.757 bits per heavy atom. The van der Waals surface area contributed by atoms with Crippen LogP contribution >= 0.6 is 0 Å². The van der Waals surface area contributed by atoms with Crippen molar-refractivity contribution in [3.63, 3.8) is 0 Å². The lowest BCUT2D eigenvalue weighted by Gasteiger charge is -2.51. The van der Waals surface area contributed by atoms with Crippen LogP contribution in [0.2, 0.25) is 0 Å². The van der Waals surface area contributed by atoms with Gasteiger partial charge in [-0.2, -0.15) is 0 Å². The van der Waals surface area contributed by atoms with Crippen LogP contribution in [0.4, 0.5) is 5.69 Å². The summed E-state index contributed by atoms with van der Waals surface area (Å²) in [6.07, 6.45) is 0.691. The first kappa shape index (κ1) is 23.2. The number of para-hydroxylation sites is 1. The molecule has 4 aromatic rings. The third kappa shape index (κ3) is 3.41. The van der Waals surface area contributed by atoms with E-state index in [1.54, 1.807) is 17.0 Å². The lowest BCUT2D eigenvalue weighted by Crippen LogP contribution is -2.58. The van der Waals surface area contributed by atoms with E-state index >= 15 is 0 Å². The van der Waals surface area contributed by atoms with E-state index in [1.165, 1.54) is 5.56 Å². The molecule has 2 heterocycles. The molecule has 2 aliphatic rings. The second-order valence-electron chi connectivity index (χ2n) is 10.8. The highest BCUT2D eigenvalue weighted by atomic mass is 16.2. The summed E-state index contributed by atoms with van der Waals surface area (Å²) in [7, 11) is 0. The second kappa shape index (κ2) is 8.13. The van der Waals surface area contributed by atoms with Crippen molar-refractivity contribution in [3.8, 4) is 0 Å². The predicted octanol–water partition coefficient (Wildman–Crippen LogP) is 5.96. The standard InChI is InChI=1S/C32H28N2O3/c1-31(2)20-32(3,22-13-5-4-6-14-22)25-17-7-8-18-26(25)34(31)27(35)19-33-29(36)23-15-9-11-21-12-10-16-24(28(21)23)30(33)37/h4-18H,19-20H2,1-3H3/t32-/m0/s1. The Hall–Kier alpha value is -4.25. The summed E-state index contributed by atoms with van der Waals surface area (Å²) in [5.41, 5.74) is 3.11. The number of fused-ring (bicyclic) bond motifs is 1. The maximum atomic E-state index is 14.0. The minimum Gasteiger partial charge on any atom is -0.305 e. The third-order valence-corrected chi connectivity index (χ3v) is 7.94. The number of rotatable bonds is 3. The van der Waals surface area contributed by atoms with Crippen LogP contribution in [0.3, 0.4) is 0 Å². The first-order chi connectivity index (χ1) is 17.7. The quantitative estimate of drug-likeness (QED) is 0.335. The Morgan fingerprint density at radius 2 is 1.35 bits per heavy atom. The van der Waals surface area contributed by atoms with E-state index in [4.69, 9.17) is 0 Å². The maximum absolute atomic E-state index is 14.0. The van der Waals surface area contributed by atoms with Crippen LogP contribution in [0.15, 0.2) is 91.0 Å². The van der Waals surface area contributed by atoms with Crippen molar-refractivity contribution in [1.82, 2.24) is 4.90 Å². The average molecular weight is 489 g/mol. The number of benzene rings is 4. The Morgan fingerprint density at radius 3 is 2.00 bits per heavy atom. The van der Waals surface area contributed by atoms with E-state index < -0.39 is 17.4 Å². The van der Waals surface area contributed by atoms with Gasteiger partial charge in [0.2, 0.25) is 5.91 Å². The highest BCUT2D eigenvalue weighted by molar-refractivity contribution is 6.26. The molecule has 4 aromatic carbocycles. The third-order valence-electron chi connectivity index (χ3n) is 7.94. The van der Waals surface area contributed by atoms with Gasteiger partial charge >= 0.3 is 0 Å². The molecule has 184 valence electrons. The fourth-order valence-corrected chi connectivity index (χ4v) is 6.47. The van der Waals surface area contributed by atoms with Crippen molar-refractivity contribution < 1.29 is 14.4 Å². The van der Waals surface area contributed by atoms with E-state index in [9.17, 15) is 14.4 Å². The molecule has 0 fully saturated rings. The first-order valence-corrected chi connectivity index (χ1v) is 12.6. The van der Waals surface area contributed by atoms with Crippen molar-refractivity contribution in [2.24, 2.45) is 0 Å². The molecule has 1 atom stereocenters. The van der Waals surface area contributed by atoms with E-state index in [-0.39, 0.29) is 17.9 Å². The van der Waals surface area contributed by atoms with E-state index in [0.29, 0.717) is 22.9 Å². The molecular weight excluding hydrogens is 460 g/mol. The zero-order valence-electron chi connectivity index (χ0n) is 21.2. The fourth-order valence-electron chi connectivity index (χ4n) is 6.47. The SMILES string of the molecule is CC1(C)C[C@@](C)(c2ccccc2)c2ccccc2N1C(=O)CN1C(=O)c2cccc3cccc(c23)C1=O. The van der Waals surface area contributed by atoms with Gasteiger partial charge in [0.1, 0.15) is 6.54 Å². The molecule has 0 aromatic heterocycles. The summed E-state index contributed by atoms with van der Waals surface area (Å²) < 4.78 is 0. The monoisotopic (exact) mass is 488 g/mol. The van der Waals surface area contributed by atoms with Crippen molar-refractivity contribution in [1.29, 1.82) is 0 Å². The van der Waals surface area contributed by atoms with Gasteiger partial charge < -0.3 is 4.90 Å². The molecule has 0 radical (unpaired) electrons. The molecule has 0 spiro atoms.